The number of hydrogen-bond donors (Lipinski definition) is 1. The number of piperidine rings is 2. The summed E-state index contributed by atoms with van der Waals surface area (Å²) in [5.74, 6) is 1.14. The van der Waals surface area contributed by atoms with E-state index in [9.17, 15) is 4.79 Å². The van der Waals surface area contributed by atoms with E-state index in [4.69, 9.17) is 4.52 Å². The summed E-state index contributed by atoms with van der Waals surface area (Å²) < 4.78 is 5.25. The van der Waals surface area contributed by atoms with Gasteiger partial charge in [0.1, 0.15) is 17.5 Å². The number of carbonyl (C=O) groups excluding carboxylic acids is 1. The van der Waals surface area contributed by atoms with Crippen molar-refractivity contribution in [2.24, 2.45) is 5.92 Å². The van der Waals surface area contributed by atoms with Gasteiger partial charge in [0, 0.05) is 38.1 Å². The summed E-state index contributed by atoms with van der Waals surface area (Å²) in [5.41, 5.74) is 1.33. The van der Waals surface area contributed by atoms with Crippen LogP contribution in [-0.2, 0) is 4.79 Å². The molecule has 2 aliphatic heterocycles. The minimum atomic E-state index is 0.0796. The van der Waals surface area contributed by atoms with Crippen molar-refractivity contribution in [2.75, 3.05) is 37.6 Å². The fraction of sp³-hybridized carbons (Fsp3) is 0.700. The number of aryl methyl sites for hydroxylation is 1. The van der Waals surface area contributed by atoms with Crippen molar-refractivity contribution in [1.82, 2.24) is 25.3 Å². The van der Waals surface area contributed by atoms with Gasteiger partial charge in [-0.1, -0.05) is 11.6 Å². The zero-order valence-electron chi connectivity index (χ0n) is 16.9. The number of nitrogens with zero attached hydrogens (tertiary/aromatic N) is 5. The standard InChI is InChI=1S/C20H30N6O2/c1-14-5-3-4-9-25(14)12-8-21-19(27)16-6-10-26(11-7-16)18-17-15(2)24-28-20(17)23-13-22-18/h13-14,16H,3-12H2,1-2H3,(H,21,27). The Morgan fingerprint density at radius 2 is 2.04 bits per heavy atom. The Morgan fingerprint density at radius 3 is 2.82 bits per heavy atom. The van der Waals surface area contributed by atoms with Crippen LogP contribution in [0.5, 0.6) is 0 Å². The van der Waals surface area contributed by atoms with Gasteiger partial charge in [0.05, 0.1) is 5.69 Å². The van der Waals surface area contributed by atoms with Crippen molar-refractivity contribution < 1.29 is 9.32 Å². The molecule has 0 saturated carbocycles. The summed E-state index contributed by atoms with van der Waals surface area (Å²) in [7, 11) is 0. The van der Waals surface area contributed by atoms with Gasteiger partial charge in [0.25, 0.3) is 5.71 Å². The first-order valence-corrected chi connectivity index (χ1v) is 10.5. The Hall–Kier alpha value is -2.22. The second kappa shape index (κ2) is 8.43. The molecule has 2 aliphatic rings. The number of nitrogens with one attached hydrogen (secondary N) is 1. The number of aromatic nitrogens is 3. The van der Waals surface area contributed by atoms with E-state index in [0.29, 0.717) is 11.8 Å². The molecule has 2 aromatic heterocycles. The summed E-state index contributed by atoms with van der Waals surface area (Å²) in [6, 6.07) is 0.638. The first kappa shape index (κ1) is 19.1. The van der Waals surface area contributed by atoms with E-state index < -0.39 is 0 Å². The normalized spacial score (nSPS) is 21.9. The number of amides is 1. The quantitative estimate of drug-likeness (QED) is 0.842. The average Bonchev–Trinajstić information content (AvgIpc) is 3.11. The topological polar surface area (TPSA) is 87.4 Å². The highest BCUT2D eigenvalue weighted by atomic mass is 16.5. The third-order valence-electron chi connectivity index (χ3n) is 6.23. The number of rotatable bonds is 5. The molecule has 8 nitrogen and oxygen atoms in total. The highest BCUT2D eigenvalue weighted by Crippen LogP contribution is 2.29. The Balaban J connectivity index is 1.28. The summed E-state index contributed by atoms with van der Waals surface area (Å²) in [5, 5.41) is 8.04. The Bertz CT molecular complexity index is 814. The molecule has 8 heteroatoms. The summed E-state index contributed by atoms with van der Waals surface area (Å²) in [6.07, 6.45) is 7.06. The zero-order valence-corrected chi connectivity index (χ0v) is 16.9. The molecule has 4 rings (SSSR count). The van der Waals surface area contributed by atoms with E-state index in [2.05, 4.69) is 37.2 Å². The molecule has 0 spiro atoms. The monoisotopic (exact) mass is 386 g/mol. The van der Waals surface area contributed by atoms with Gasteiger partial charge < -0.3 is 14.7 Å². The van der Waals surface area contributed by atoms with Crippen molar-refractivity contribution in [3.63, 3.8) is 0 Å². The fourth-order valence-corrected chi connectivity index (χ4v) is 4.45. The smallest absolute Gasteiger partial charge is 0.263 e. The predicted octanol–water partition coefficient (Wildman–Crippen LogP) is 2.13. The van der Waals surface area contributed by atoms with Crippen LogP contribution in [0, 0.1) is 12.8 Å². The third kappa shape index (κ3) is 3.97. The number of anilines is 1. The summed E-state index contributed by atoms with van der Waals surface area (Å²) in [6.45, 7) is 8.66. The molecular weight excluding hydrogens is 356 g/mol. The van der Waals surface area contributed by atoms with Crippen LogP contribution < -0.4 is 10.2 Å². The van der Waals surface area contributed by atoms with Crippen LogP contribution in [0.1, 0.15) is 44.7 Å². The Morgan fingerprint density at radius 1 is 1.21 bits per heavy atom. The highest BCUT2D eigenvalue weighted by molar-refractivity contribution is 5.88. The zero-order chi connectivity index (χ0) is 19.5. The molecule has 1 N–H and O–H groups in total. The summed E-state index contributed by atoms with van der Waals surface area (Å²) >= 11 is 0. The number of fused-ring (bicyclic) bond motifs is 1. The molecular formula is C20H30N6O2. The molecule has 2 aromatic rings. The molecule has 152 valence electrons. The van der Waals surface area contributed by atoms with Crippen molar-refractivity contribution >= 4 is 22.8 Å². The minimum Gasteiger partial charge on any atom is -0.356 e. The van der Waals surface area contributed by atoms with Crippen LogP contribution in [0.15, 0.2) is 10.9 Å². The van der Waals surface area contributed by atoms with Gasteiger partial charge in [-0.2, -0.15) is 4.98 Å². The van der Waals surface area contributed by atoms with Crippen molar-refractivity contribution in [3.8, 4) is 0 Å². The molecule has 0 aromatic carbocycles. The number of carbonyl (C=O) groups is 1. The Kier molecular flexibility index (Phi) is 5.75. The van der Waals surface area contributed by atoms with Gasteiger partial charge in [-0.05, 0) is 46.1 Å². The van der Waals surface area contributed by atoms with E-state index in [1.54, 1.807) is 0 Å². The van der Waals surface area contributed by atoms with E-state index in [0.717, 1.165) is 62.5 Å². The first-order valence-electron chi connectivity index (χ1n) is 10.5. The lowest BCUT2D eigenvalue weighted by Crippen LogP contribution is -2.45. The fourth-order valence-electron chi connectivity index (χ4n) is 4.45. The van der Waals surface area contributed by atoms with Gasteiger partial charge in [0.15, 0.2) is 0 Å². The molecule has 4 heterocycles. The maximum absolute atomic E-state index is 12.6. The van der Waals surface area contributed by atoms with Crippen LogP contribution >= 0.6 is 0 Å². The third-order valence-corrected chi connectivity index (χ3v) is 6.23. The molecule has 0 radical (unpaired) electrons. The Labute approximate surface area is 165 Å². The summed E-state index contributed by atoms with van der Waals surface area (Å²) in [4.78, 5) is 25.9. The van der Waals surface area contributed by atoms with Crippen LogP contribution in [0.4, 0.5) is 5.82 Å². The first-order chi connectivity index (χ1) is 13.6. The number of likely N-dealkylation sites (tertiary alicyclic amines) is 1. The van der Waals surface area contributed by atoms with E-state index in [1.165, 1.54) is 25.6 Å². The van der Waals surface area contributed by atoms with E-state index >= 15 is 0 Å². The van der Waals surface area contributed by atoms with Crippen molar-refractivity contribution in [2.45, 2.75) is 52.0 Å². The van der Waals surface area contributed by atoms with Crippen LogP contribution in [0.25, 0.3) is 11.1 Å². The molecule has 0 aliphatic carbocycles. The molecule has 2 fully saturated rings. The van der Waals surface area contributed by atoms with E-state index in [1.807, 2.05) is 6.92 Å². The number of hydrogen-bond acceptors (Lipinski definition) is 7. The van der Waals surface area contributed by atoms with E-state index in [-0.39, 0.29) is 11.8 Å². The van der Waals surface area contributed by atoms with Crippen LogP contribution in [-0.4, -0.2) is 64.7 Å². The lowest BCUT2D eigenvalue weighted by Gasteiger charge is -2.34. The molecule has 1 atom stereocenters. The van der Waals surface area contributed by atoms with Crippen molar-refractivity contribution in [3.05, 3.63) is 12.0 Å². The molecule has 28 heavy (non-hydrogen) atoms. The van der Waals surface area contributed by atoms with Gasteiger partial charge in [-0.25, -0.2) is 4.98 Å². The second-order valence-corrected chi connectivity index (χ2v) is 8.08. The maximum Gasteiger partial charge on any atom is 0.263 e. The molecule has 1 amide bonds. The predicted molar refractivity (Wildman–Crippen MR) is 107 cm³/mol. The van der Waals surface area contributed by atoms with Crippen LogP contribution in [0.3, 0.4) is 0 Å². The van der Waals surface area contributed by atoms with Crippen LogP contribution in [0.2, 0.25) is 0 Å². The molecule has 1 unspecified atom stereocenters. The molecule has 0 bridgehead atoms. The minimum absolute atomic E-state index is 0.0796. The maximum atomic E-state index is 12.6. The van der Waals surface area contributed by atoms with Crippen molar-refractivity contribution in [1.29, 1.82) is 0 Å². The highest BCUT2D eigenvalue weighted by Gasteiger charge is 2.27. The largest absolute Gasteiger partial charge is 0.356 e. The average molecular weight is 387 g/mol. The van der Waals surface area contributed by atoms with Gasteiger partial charge in [-0.15, -0.1) is 0 Å². The molecule has 2 saturated heterocycles. The lowest BCUT2D eigenvalue weighted by atomic mass is 9.95. The SMILES string of the molecule is Cc1noc2ncnc(N3CCC(C(=O)NCCN4CCCCC4C)CC3)c12. The second-order valence-electron chi connectivity index (χ2n) is 8.08. The van der Waals surface area contributed by atoms with Gasteiger partial charge in [-0.3, -0.25) is 9.69 Å². The van der Waals surface area contributed by atoms with Gasteiger partial charge in [0.2, 0.25) is 5.91 Å². The van der Waals surface area contributed by atoms with Gasteiger partial charge >= 0.3 is 0 Å². The lowest BCUT2D eigenvalue weighted by molar-refractivity contribution is -0.125.